The first-order chi connectivity index (χ1) is 12.7. The number of nitrogens with one attached hydrogen (secondary N) is 1. The molecule has 0 aromatic heterocycles. The summed E-state index contributed by atoms with van der Waals surface area (Å²) in [6.45, 7) is 1.41. The van der Waals surface area contributed by atoms with Gasteiger partial charge < -0.3 is 20.5 Å². The lowest BCUT2D eigenvalue weighted by Crippen LogP contribution is -2.33. The minimum absolute atomic E-state index is 0. The van der Waals surface area contributed by atoms with Crippen molar-refractivity contribution in [1.82, 2.24) is 5.32 Å². The Morgan fingerprint density at radius 3 is 2.70 bits per heavy atom. The van der Waals surface area contributed by atoms with E-state index in [0.29, 0.717) is 35.8 Å². The van der Waals surface area contributed by atoms with E-state index in [9.17, 15) is 0 Å². The van der Waals surface area contributed by atoms with E-state index < -0.39 is 0 Å². The second-order valence-corrected chi connectivity index (χ2v) is 7.03. The van der Waals surface area contributed by atoms with Crippen molar-refractivity contribution in [2.24, 2.45) is 22.6 Å². The number of aliphatic imine (C=N–C) groups is 1. The van der Waals surface area contributed by atoms with E-state index in [1.54, 1.807) is 14.2 Å². The Balaban J connectivity index is 0.00000210. The summed E-state index contributed by atoms with van der Waals surface area (Å²) in [4.78, 5) is 4.45. The molecule has 3 atom stereocenters. The molecule has 0 radical (unpaired) electrons. The first kappa shape index (κ1) is 19.8. The lowest BCUT2D eigenvalue weighted by molar-refractivity contribution is 0.354. The van der Waals surface area contributed by atoms with E-state index in [0.717, 1.165) is 18.0 Å². The van der Waals surface area contributed by atoms with Gasteiger partial charge in [-0.2, -0.15) is 0 Å². The third kappa shape index (κ3) is 4.00. The first-order valence-electron chi connectivity index (χ1n) is 9.03. The SMILES string of the molecule is COc1ccc(CN=C(N)NCC2C3Cc4ccccc4C23)cc1OC.I. The van der Waals surface area contributed by atoms with Crippen LogP contribution in [0.3, 0.4) is 0 Å². The number of benzene rings is 2. The Morgan fingerprint density at radius 2 is 1.93 bits per heavy atom. The number of nitrogens with zero attached hydrogens (tertiary/aromatic N) is 1. The monoisotopic (exact) mass is 479 g/mol. The van der Waals surface area contributed by atoms with Gasteiger partial charge in [0.2, 0.25) is 0 Å². The molecule has 0 aliphatic heterocycles. The van der Waals surface area contributed by atoms with Gasteiger partial charge >= 0.3 is 0 Å². The maximum absolute atomic E-state index is 6.05. The average Bonchev–Trinajstić information content (AvgIpc) is 3.22. The van der Waals surface area contributed by atoms with E-state index >= 15 is 0 Å². The highest BCUT2D eigenvalue weighted by molar-refractivity contribution is 14.0. The highest BCUT2D eigenvalue weighted by Crippen LogP contribution is 2.60. The number of methoxy groups -OCH3 is 2. The lowest BCUT2D eigenvalue weighted by atomic mass is 10.0. The summed E-state index contributed by atoms with van der Waals surface area (Å²) >= 11 is 0. The van der Waals surface area contributed by atoms with Crippen molar-refractivity contribution in [3.05, 3.63) is 59.2 Å². The first-order valence-corrected chi connectivity index (χ1v) is 9.03. The van der Waals surface area contributed by atoms with E-state index in [1.807, 2.05) is 18.2 Å². The molecule has 2 aliphatic carbocycles. The summed E-state index contributed by atoms with van der Waals surface area (Å²) in [5, 5.41) is 3.30. The molecule has 2 aromatic carbocycles. The molecule has 0 saturated heterocycles. The molecule has 27 heavy (non-hydrogen) atoms. The van der Waals surface area contributed by atoms with Crippen molar-refractivity contribution < 1.29 is 9.47 Å². The Kier molecular flexibility index (Phi) is 6.14. The van der Waals surface area contributed by atoms with Crippen molar-refractivity contribution >= 4 is 29.9 Å². The molecule has 1 saturated carbocycles. The van der Waals surface area contributed by atoms with Crippen LogP contribution in [0.15, 0.2) is 47.5 Å². The summed E-state index contributed by atoms with van der Waals surface area (Å²) in [5.74, 6) is 4.08. The number of fused-ring (bicyclic) bond motifs is 3. The Hall–Kier alpha value is -1.96. The van der Waals surface area contributed by atoms with Crippen LogP contribution < -0.4 is 20.5 Å². The Morgan fingerprint density at radius 1 is 1.15 bits per heavy atom. The maximum Gasteiger partial charge on any atom is 0.188 e. The largest absolute Gasteiger partial charge is 0.493 e. The molecule has 0 heterocycles. The molecule has 2 aliphatic rings. The average molecular weight is 479 g/mol. The third-order valence-electron chi connectivity index (χ3n) is 5.60. The summed E-state index contributed by atoms with van der Waals surface area (Å²) in [7, 11) is 3.26. The van der Waals surface area contributed by atoms with E-state index in [4.69, 9.17) is 15.2 Å². The number of halogens is 1. The molecule has 5 nitrogen and oxygen atoms in total. The molecule has 0 spiro atoms. The fourth-order valence-electron chi connectivity index (χ4n) is 4.20. The van der Waals surface area contributed by atoms with Gasteiger partial charge in [-0.3, -0.25) is 0 Å². The molecule has 1 fully saturated rings. The standard InChI is InChI=1S/C21H25N3O2.HI/c1-25-18-8-7-13(9-19(18)26-2)11-23-21(22)24-12-17-16-10-14-5-3-4-6-15(14)20(16)17;/h3-9,16-17,20H,10-12H2,1-2H3,(H3,22,23,24);1H. The second kappa shape index (κ2) is 8.37. The summed E-state index contributed by atoms with van der Waals surface area (Å²) < 4.78 is 10.6. The number of guanidine groups is 1. The van der Waals surface area contributed by atoms with Crippen molar-refractivity contribution in [3.8, 4) is 11.5 Å². The van der Waals surface area contributed by atoms with Crippen LogP contribution in [-0.2, 0) is 13.0 Å². The zero-order valence-corrected chi connectivity index (χ0v) is 18.0. The fraction of sp³-hybridized carbons (Fsp3) is 0.381. The highest BCUT2D eigenvalue weighted by atomic mass is 127. The Bertz CT molecular complexity index is 840. The van der Waals surface area contributed by atoms with Gasteiger partial charge in [-0.15, -0.1) is 24.0 Å². The smallest absolute Gasteiger partial charge is 0.188 e. The van der Waals surface area contributed by atoms with Gasteiger partial charge in [-0.05, 0) is 53.0 Å². The molecule has 2 aromatic rings. The van der Waals surface area contributed by atoms with Crippen LogP contribution in [0.2, 0.25) is 0 Å². The molecule has 3 N–H and O–H groups in total. The van der Waals surface area contributed by atoms with Crippen molar-refractivity contribution in [2.45, 2.75) is 18.9 Å². The summed E-state index contributed by atoms with van der Waals surface area (Å²) in [6.07, 6.45) is 1.20. The minimum atomic E-state index is 0. The molecule has 6 heteroatoms. The molecule has 144 valence electrons. The van der Waals surface area contributed by atoms with Crippen LogP contribution in [-0.4, -0.2) is 26.7 Å². The zero-order chi connectivity index (χ0) is 18.1. The number of rotatable bonds is 6. The molecule has 0 bridgehead atoms. The number of hydrogen-bond donors (Lipinski definition) is 2. The number of ether oxygens (including phenoxy) is 2. The lowest BCUT2D eigenvalue weighted by Gasteiger charge is -2.10. The van der Waals surface area contributed by atoms with Crippen LogP contribution in [0.25, 0.3) is 0 Å². The minimum Gasteiger partial charge on any atom is -0.493 e. The Labute approximate surface area is 177 Å². The van der Waals surface area contributed by atoms with Gasteiger partial charge in [0.05, 0.1) is 20.8 Å². The van der Waals surface area contributed by atoms with E-state index in [-0.39, 0.29) is 24.0 Å². The molecule has 3 unspecified atom stereocenters. The predicted octanol–water partition coefficient (Wildman–Crippen LogP) is 3.31. The number of hydrogen-bond acceptors (Lipinski definition) is 3. The maximum atomic E-state index is 6.05. The fourth-order valence-corrected chi connectivity index (χ4v) is 4.20. The number of nitrogens with two attached hydrogens (primary N) is 1. The van der Waals surface area contributed by atoms with E-state index in [1.165, 1.54) is 17.5 Å². The topological polar surface area (TPSA) is 68.9 Å². The molecular formula is C21H26IN3O2. The van der Waals surface area contributed by atoms with Gasteiger partial charge in [-0.25, -0.2) is 4.99 Å². The van der Waals surface area contributed by atoms with Crippen molar-refractivity contribution in [2.75, 3.05) is 20.8 Å². The van der Waals surface area contributed by atoms with E-state index in [2.05, 4.69) is 34.6 Å². The zero-order valence-electron chi connectivity index (χ0n) is 15.6. The highest BCUT2D eigenvalue weighted by Gasteiger charge is 2.54. The normalized spacial score (nSPS) is 22.3. The van der Waals surface area contributed by atoms with Crippen molar-refractivity contribution in [1.29, 1.82) is 0 Å². The molecule has 4 rings (SSSR count). The summed E-state index contributed by atoms with van der Waals surface area (Å²) in [6, 6.07) is 14.6. The van der Waals surface area contributed by atoms with Crippen LogP contribution >= 0.6 is 24.0 Å². The van der Waals surface area contributed by atoms with Crippen molar-refractivity contribution in [3.63, 3.8) is 0 Å². The van der Waals surface area contributed by atoms with Crippen LogP contribution in [0, 0.1) is 11.8 Å². The van der Waals surface area contributed by atoms with Crippen LogP contribution in [0.4, 0.5) is 0 Å². The van der Waals surface area contributed by atoms with Gasteiger partial charge in [0.15, 0.2) is 17.5 Å². The van der Waals surface area contributed by atoms with Crippen LogP contribution in [0.1, 0.15) is 22.6 Å². The van der Waals surface area contributed by atoms with Gasteiger partial charge in [0.25, 0.3) is 0 Å². The molecule has 0 amide bonds. The summed E-state index contributed by atoms with van der Waals surface area (Å²) in [5.41, 5.74) is 10.1. The predicted molar refractivity (Wildman–Crippen MR) is 118 cm³/mol. The molecular weight excluding hydrogens is 453 g/mol. The third-order valence-corrected chi connectivity index (χ3v) is 5.60. The van der Waals surface area contributed by atoms with Gasteiger partial charge in [0.1, 0.15) is 0 Å². The van der Waals surface area contributed by atoms with Crippen LogP contribution in [0.5, 0.6) is 11.5 Å². The second-order valence-electron chi connectivity index (χ2n) is 7.03. The quantitative estimate of drug-likeness (QED) is 0.379. The van der Waals surface area contributed by atoms with Gasteiger partial charge in [-0.1, -0.05) is 30.3 Å². The van der Waals surface area contributed by atoms with Gasteiger partial charge in [0, 0.05) is 6.54 Å².